The zero-order valence-electron chi connectivity index (χ0n) is 38.6. The van der Waals surface area contributed by atoms with Crippen LogP contribution >= 0.6 is 22.7 Å². The number of hydrogen-bond donors (Lipinski definition) is 2. The lowest BCUT2D eigenvalue weighted by Gasteiger charge is -2.29. The van der Waals surface area contributed by atoms with Crippen molar-refractivity contribution < 1.29 is 28.6 Å². The average Bonchev–Trinajstić information content (AvgIpc) is 4.08. The normalized spacial score (nSPS) is 21.5. The molecule has 20 heteroatoms. The fourth-order valence-electron chi connectivity index (χ4n) is 9.69. The number of pyridine rings is 1. The summed E-state index contributed by atoms with van der Waals surface area (Å²) in [6.45, 7) is 5.29. The molecule has 7 heterocycles. The Hall–Kier alpha value is -6.54. The fourth-order valence-corrected chi connectivity index (χ4v) is 11.3. The second kappa shape index (κ2) is 18.1. The van der Waals surface area contributed by atoms with E-state index in [9.17, 15) is 14.4 Å². The second-order valence-corrected chi connectivity index (χ2v) is 22.1. The molecule has 0 radical (unpaired) electrons. The van der Waals surface area contributed by atoms with Crippen LogP contribution in [0.3, 0.4) is 0 Å². The van der Waals surface area contributed by atoms with E-state index in [-0.39, 0.29) is 30.6 Å². The number of likely N-dealkylation sites (tertiary alicyclic amines) is 1. The summed E-state index contributed by atoms with van der Waals surface area (Å²) in [4.78, 5) is 83.6. The van der Waals surface area contributed by atoms with Gasteiger partial charge in [0.2, 0.25) is 11.9 Å². The van der Waals surface area contributed by atoms with Gasteiger partial charge in [-0.3, -0.25) is 9.59 Å². The molecule has 0 aromatic carbocycles. The summed E-state index contributed by atoms with van der Waals surface area (Å²) in [6.07, 6.45) is 23.6. The van der Waals surface area contributed by atoms with Crippen molar-refractivity contribution in [1.82, 2.24) is 49.8 Å². The molecule has 4 saturated carbocycles. The minimum absolute atomic E-state index is 0.0702. The zero-order valence-corrected chi connectivity index (χ0v) is 40.2. The first-order chi connectivity index (χ1) is 33.4. The second-order valence-electron chi connectivity index (χ2n) is 20.1. The molecule has 2 spiro atoms. The van der Waals surface area contributed by atoms with E-state index in [0.29, 0.717) is 66.6 Å². The van der Waals surface area contributed by atoms with Gasteiger partial charge in [0.05, 0.1) is 44.4 Å². The Morgan fingerprint density at radius 3 is 1.96 bits per heavy atom. The summed E-state index contributed by atoms with van der Waals surface area (Å²) in [5.74, 6) is -0.367. The van der Waals surface area contributed by atoms with Crippen molar-refractivity contribution in [1.29, 1.82) is 0 Å². The number of aromatic nitrogens is 9. The van der Waals surface area contributed by atoms with Crippen molar-refractivity contribution in [3.05, 3.63) is 78.3 Å². The SMILES string of the molecule is CC(C)(C)OC(=O)N1C(=O)C(c2ccc(Nc3ncc(-c4ccnc(OC5CCC6(CC5)CC6)n4)s3)nc2)CC1c1cc(-c2cnc(Nc3ncc(C=O)cn3)s2)nc(OC2CCC3(CC2)CC3)n1. The van der Waals surface area contributed by atoms with E-state index >= 15 is 0 Å². The summed E-state index contributed by atoms with van der Waals surface area (Å²) in [7, 11) is 0. The fraction of sp³-hybridized carbons (Fsp3) is 0.469. The Morgan fingerprint density at radius 1 is 0.725 bits per heavy atom. The summed E-state index contributed by atoms with van der Waals surface area (Å²) in [5, 5.41) is 7.48. The number of amides is 2. The molecular weight excluding hydrogens is 917 g/mol. The van der Waals surface area contributed by atoms with Gasteiger partial charge in [-0.1, -0.05) is 28.7 Å². The van der Waals surface area contributed by atoms with Crippen LogP contribution in [0.4, 0.5) is 26.8 Å². The number of rotatable bonds is 13. The first-order valence-electron chi connectivity index (χ1n) is 23.7. The number of imide groups is 1. The average molecular weight is 969 g/mol. The van der Waals surface area contributed by atoms with Gasteiger partial charge in [-0.2, -0.15) is 15.0 Å². The van der Waals surface area contributed by atoms with E-state index < -0.39 is 29.6 Å². The largest absolute Gasteiger partial charge is 0.460 e. The molecule has 356 valence electrons. The quantitative estimate of drug-likeness (QED) is 0.103. The van der Waals surface area contributed by atoms with E-state index in [4.69, 9.17) is 29.2 Å². The molecule has 6 aromatic heterocycles. The van der Waals surface area contributed by atoms with Gasteiger partial charge in [0, 0.05) is 37.2 Å². The number of aldehydes is 1. The van der Waals surface area contributed by atoms with Crippen molar-refractivity contribution in [3.8, 4) is 33.2 Å². The number of thiazole rings is 2. The van der Waals surface area contributed by atoms with Gasteiger partial charge in [-0.25, -0.2) is 39.6 Å². The summed E-state index contributed by atoms with van der Waals surface area (Å²) < 4.78 is 18.6. The van der Waals surface area contributed by atoms with Crippen LogP contribution in [0, 0.1) is 10.8 Å². The molecule has 2 unspecified atom stereocenters. The highest BCUT2D eigenvalue weighted by Crippen LogP contribution is 2.57. The number of anilines is 4. The van der Waals surface area contributed by atoms with Crippen molar-refractivity contribution >= 4 is 63.0 Å². The molecule has 2 atom stereocenters. The van der Waals surface area contributed by atoms with Crippen LogP contribution in [-0.4, -0.2) is 85.9 Å². The minimum Gasteiger partial charge on any atom is -0.460 e. The number of hydrogen-bond acceptors (Lipinski definition) is 19. The van der Waals surface area contributed by atoms with Crippen LogP contribution in [-0.2, 0) is 9.53 Å². The molecule has 11 rings (SSSR count). The predicted molar refractivity (Wildman–Crippen MR) is 257 cm³/mol. The number of nitrogens with one attached hydrogen (secondary N) is 2. The van der Waals surface area contributed by atoms with Gasteiger partial charge in [0.1, 0.15) is 23.6 Å². The summed E-state index contributed by atoms with van der Waals surface area (Å²) in [6, 6.07) is 6.98. The lowest BCUT2D eigenvalue weighted by atomic mass is 9.85. The van der Waals surface area contributed by atoms with E-state index in [1.807, 2.05) is 12.1 Å². The van der Waals surface area contributed by atoms with Crippen molar-refractivity contribution in [3.63, 3.8) is 0 Å². The van der Waals surface area contributed by atoms with Crippen LogP contribution in [0.25, 0.3) is 21.1 Å². The lowest BCUT2D eigenvalue weighted by molar-refractivity contribution is -0.129. The predicted octanol–water partition coefficient (Wildman–Crippen LogP) is 10.2. The van der Waals surface area contributed by atoms with E-state index in [1.54, 1.807) is 57.7 Å². The van der Waals surface area contributed by atoms with Gasteiger partial charge in [0.15, 0.2) is 16.5 Å². The molecule has 1 saturated heterocycles. The smallest absolute Gasteiger partial charge is 0.417 e. The molecule has 0 bridgehead atoms. The van der Waals surface area contributed by atoms with Crippen molar-refractivity contribution in [2.45, 2.75) is 134 Å². The Bertz CT molecular complexity index is 2860. The first-order valence-corrected chi connectivity index (χ1v) is 25.3. The highest BCUT2D eigenvalue weighted by Gasteiger charge is 2.49. The third kappa shape index (κ3) is 10.1. The van der Waals surface area contributed by atoms with E-state index in [2.05, 4.69) is 40.5 Å². The molecular formula is C49H52N12O6S2. The summed E-state index contributed by atoms with van der Waals surface area (Å²) >= 11 is 2.74. The van der Waals surface area contributed by atoms with Crippen LogP contribution in [0.2, 0.25) is 0 Å². The Morgan fingerprint density at radius 2 is 1.35 bits per heavy atom. The molecule has 18 nitrogen and oxygen atoms in total. The molecule has 2 amide bonds. The molecule has 1 aliphatic heterocycles. The maximum absolute atomic E-state index is 14.6. The van der Waals surface area contributed by atoms with Gasteiger partial charge in [-0.05, 0) is 139 Å². The molecule has 69 heavy (non-hydrogen) atoms. The van der Waals surface area contributed by atoms with Crippen LogP contribution in [0.1, 0.15) is 138 Å². The lowest BCUT2D eigenvalue weighted by Crippen LogP contribution is -2.40. The van der Waals surface area contributed by atoms with E-state index in [1.165, 1.54) is 78.5 Å². The minimum atomic E-state index is -0.878. The monoisotopic (exact) mass is 968 g/mol. The summed E-state index contributed by atoms with van der Waals surface area (Å²) in [5.41, 5.74) is 2.81. The number of ether oxygens (including phenoxy) is 3. The van der Waals surface area contributed by atoms with Gasteiger partial charge in [-0.15, -0.1) is 0 Å². The molecule has 2 N–H and O–H groups in total. The Balaban J connectivity index is 0.829. The van der Waals surface area contributed by atoms with Crippen LogP contribution < -0.4 is 20.1 Å². The van der Waals surface area contributed by atoms with Gasteiger partial charge >= 0.3 is 18.1 Å². The number of carbonyl (C=O) groups is 3. The van der Waals surface area contributed by atoms with Crippen molar-refractivity contribution in [2.24, 2.45) is 10.8 Å². The maximum Gasteiger partial charge on any atom is 0.417 e. The molecule has 5 fully saturated rings. The Kier molecular flexibility index (Phi) is 11.8. The Labute approximate surface area is 406 Å². The van der Waals surface area contributed by atoms with Gasteiger partial charge < -0.3 is 24.8 Å². The highest BCUT2D eigenvalue weighted by molar-refractivity contribution is 7.19. The highest BCUT2D eigenvalue weighted by atomic mass is 32.1. The molecule has 4 aliphatic carbocycles. The van der Waals surface area contributed by atoms with E-state index in [0.717, 1.165) is 49.1 Å². The number of carbonyl (C=O) groups excluding carboxylic acids is 3. The third-order valence-corrected chi connectivity index (χ3v) is 15.9. The van der Waals surface area contributed by atoms with Crippen LogP contribution in [0.15, 0.2) is 61.4 Å². The standard InChI is InChI=1S/C49H52N12O6S2/c1-47(2,3)67-46(64)61-36(34-21-35(58-43(57-34)66-31-8-13-49(14-9-31)17-18-49)38-26-55-45(69-38)60-41-52-22-28(27-62)23-53-41)20-32(40(61)63)29-4-5-39(51-24-29)59-44-54-25-37(68-44)33-10-19-50-42(56-33)65-30-6-11-48(12-7-30)15-16-48/h4-5,10,19,21-27,30-32,36H,6-9,11-18,20H2,1-3H3,(H,51,54,59)(H,52,53,55,60). The third-order valence-electron chi connectivity index (χ3n) is 14.0. The first kappa shape index (κ1) is 44.9. The van der Waals surface area contributed by atoms with Gasteiger partial charge in [0.25, 0.3) is 0 Å². The zero-order chi connectivity index (χ0) is 47.3. The molecule has 6 aromatic rings. The molecule has 5 aliphatic rings. The maximum atomic E-state index is 14.6. The van der Waals surface area contributed by atoms with Crippen LogP contribution in [0.5, 0.6) is 12.0 Å². The number of nitrogens with zero attached hydrogens (tertiary/aromatic N) is 10. The topological polar surface area (TPSA) is 222 Å². The van der Waals surface area contributed by atoms with Crippen molar-refractivity contribution in [2.75, 3.05) is 10.6 Å².